The molecule has 0 amide bonds. The molecule has 1 N–H and O–H groups in total. The molecule has 5 rings (SSSR count). The van der Waals surface area contributed by atoms with Crippen LogP contribution in [0.4, 0.5) is 4.39 Å². The summed E-state index contributed by atoms with van der Waals surface area (Å²) >= 11 is 0. The lowest BCUT2D eigenvalue weighted by Gasteiger charge is -2.49. The maximum absolute atomic E-state index is 13.6. The van der Waals surface area contributed by atoms with Crippen molar-refractivity contribution in [2.24, 2.45) is 4.99 Å². The monoisotopic (exact) mass is 462 g/mol. The minimum Gasteiger partial charge on any atom is -0.495 e. The average Bonchev–Trinajstić information content (AvgIpc) is 3.28. The Morgan fingerprint density at radius 2 is 2.03 bits per heavy atom. The minimum absolute atomic E-state index is 0.225. The van der Waals surface area contributed by atoms with Crippen LogP contribution >= 0.6 is 0 Å². The van der Waals surface area contributed by atoms with E-state index in [0.717, 1.165) is 33.8 Å². The largest absolute Gasteiger partial charge is 0.495 e. The highest BCUT2D eigenvalue weighted by Gasteiger charge is 2.48. The van der Waals surface area contributed by atoms with Gasteiger partial charge in [-0.25, -0.2) is 14.4 Å². The van der Waals surface area contributed by atoms with Gasteiger partial charge in [0, 0.05) is 12.6 Å². The Balaban J connectivity index is 1.50. The summed E-state index contributed by atoms with van der Waals surface area (Å²) in [4.78, 5) is 15.0. The summed E-state index contributed by atoms with van der Waals surface area (Å²) < 4.78 is 21.1. The number of ether oxygens (including phenoxy) is 1. The van der Waals surface area contributed by atoms with Crippen LogP contribution in [-0.4, -0.2) is 51.9 Å². The molecule has 2 aliphatic heterocycles. The molecule has 0 saturated carbocycles. The first-order valence-electron chi connectivity index (χ1n) is 11.2. The van der Waals surface area contributed by atoms with Gasteiger partial charge in [0.15, 0.2) is 5.84 Å². The third kappa shape index (κ3) is 3.78. The lowest BCUT2D eigenvalue weighted by Crippen LogP contribution is -2.60. The number of aromatic nitrogens is 2. The number of hydrogen-bond acceptors (Lipinski definition) is 6. The van der Waals surface area contributed by atoms with Crippen LogP contribution in [0.1, 0.15) is 30.2 Å². The van der Waals surface area contributed by atoms with Gasteiger partial charge >= 0.3 is 0 Å². The van der Waals surface area contributed by atoms with E-state index < -0.39 is 11.6 Å². The highest BCUT2D eigenvalue weighted by atomic mass is 19.1. The quantitative estimate of drug-likeness (QED) is 0.634. The molecule has 1 fully saturated rings. The van der Waals surface area contributed by atoms with Gasteiger partial charge in [-0.05, 0) is 60.9 Å². The van der Waals surface area contributed by atoms with Crippen LogP contribution in [0.3, 0.4) is 0 Å². The summed E-state index contributed by atoms with van der Waals surface area (Å²) in [7, 11) is 1.65. The van der Waals surface area contributed by atoms with Crippen molar-refractivity contribution >= 4 is 11.9 Å². The molecule has 34 heavy (non-hydrogen) atoms. The fourth-order valence-corrected chi connectivity index (χ4v) is 4.54. The fourth-order valence-electron chi connectivity index (χ4n) is 4.54. The second-order valence-electron chi connectivity index (χ2n) is 8.74. The Morgan fingerprint density at radius 3 is 2.74 bits per heavy atom. The zero-order valence-electron chi connectivity index (χ0n) is 19.4. The lowest BCUT2D eigenvalue weighted by molar-refractivity contribution is -0.205. The zero-order chi connectivity index (χ0) is 23.9. The number of rotatable bonds is 4. The number of halogens is 1. The number of fused-ring (bicyclic) bond motifs is 1. The number of benzene rings is 2. The second kappa shape index (κ2) is 8.70. The number of aryl methyl sites for hydroxylation is 1. The molecule has 2 aromatic carbocycles. The normalized spacial score (nSPS) is 23.6. The van der Waals surface area contributed by atoms with E-state index in [1.165, 1.54) is 12.1 Å². The third-order valence-corrected chi connectivity index (χ3v) is 6.52. The molecule has 3 aromatic rings. The van der Waals surface area contributed by atoms with Gasteiger partial charge in [-0.2, -0.15) is 0 Å². The molecule has 0 spiro atoms. The predicted octanol–water partition coefficient (Wildman–Crippen LogP) is 4.04. The molecular formula is C26H27FN4O3. The Kier molecular flexibility index (Phi) is 5.71. The number of imidazole rings is 1. The number of hydrogen-bond donors (Lipinski definition) is 1. The van der Waals surface area contributed by atoms with Crippen LogP contribution in [-0.2, 0) is 10.4 Å². The van der Waals surface area contributed by atoms with Crippen molar-refractivity contribution in [1.29, 1.82) is 0 Å². The molecule has 3 heterocycles. The van der Waals surface area contributed by atoms with Crippen LogP contribution in [0.15, 0.2) is 65.6 Å². The van der Waals surface area contributed by atoms with E-state index in [0.29, 0.717) is 18.9 Å². The summed E-state index contributed by atoms with van der Waals surface area (Å²) in [6.45, 7) is 4.51. The minimum atomic E-state index is -0.898. The van der Waals surface area contributed by atoms with Crippen LogP contribution in [0.2, 0.25) is 0 Å². The number of aliphatic imine (C=N–C) groups is 1. The first-order valence-corrected chi connectivity index (χ1v) is 11.2. The van der Waals surface area contributed by atoms with Crippen molar-refractivity contribution < 1.29 is 19.1 Å². The molecule has 2 aliphatic rings. The second-order valence-corrected chi connectivity index (χ2v) is 8.74. The van der Waals surface area contributed by atoms with E-state index in [9.17, 15) is 9.50 Å². The van der Waals surface area contributed by atoms with E-state index in [-0.39, 0.29) is 12.4 Å². The Bertz CT molecular complexity index is 1270. The van der Waals surface area contributed by atoms with E-state index in [1.54, 1.807) is 30.6 Å². The van der Waals surface area contributed by atoms with Gasteiger partial charge in [-0.1, -0.05) is 18.2 Å². The average molecular weight is 463 g/mol. The SMILES string of the molecule is COc1cc(/C=C2\CCON3C2=NCC(O)C3(C)c2ccc(F)cc2)ccc1-n1cnc(C)c1. The van der Waals surface area contributed by atoms with E-state index in [4.69, 9.17) is 9.57 Å². The Labute approximate surface area is 197 Å². The van der Waals surface area contributed by atoms with Crippen LogP contribution in [0.25, 0.3) is 11.8 Å². The van der Waals surface area contributed by atoms with Crippen LogP contribution in [0, 0.1) is 12.7 Å². The Morgan fingerprint density at radius 1 is 1.24 bits per heavy atom. The number of hydroxylamine groups is 2. The van der Waals surface area contributed by atoms with Gasteiger partial charge in [0.1, 0.15) is 23.2 Å². The zero-order valence-corrected chi connectivity index (χ0v) is 19.4. The van der Waals surface area contributed by atoms with Gasteiger partial charge in [0.25, 0.3) is 0 Å². The third-order valence-electron chi connectivity index (χ3n) is 6.52. The summed E-state index contributed by atoms with van der Waals surface area (Å²) in [6, 6.07) is 12.2. The number of nitrogens with zero attached hydrogens (tertiary/aromatic N) is 4. The highest BCUT2D eigenvalue weighted by molar-refractivity contribution is 6.03. The smallest absolute Gasteiger partial charge is 0.152 e. The van der Waals surface area contributed by atoms with Gasteiger partial charge in [0.2, 0.25) is 0 Å². The molecule has 0 aliphatic carbocycles. The summed E-state index contributed by atoms with van der Waals surface area (Å²) in [5.41, 5.74) is 3.66. The summed E-state index contributed by atoms with van der Waals surface area (Å²) in [5.74, 6) is 1.08. The first-order chi connectivity index (χ1) is 16.4. The number of methoxy groups -OCH3 is 1. The molecule has 1 aromatic heterocycles. The van der Waals surface area contributed by atoms with Gasteiger partial charge in [0.05, 0.1) is 38.0 Å². The molecule has 176 valence electrons. The van der Waals surface area contributed by atoms with Gasteiger partial charge in [-0.3, -0.25) is 9.83 Å². The van der Waals surface area contributed by atoms with Crippen molar-refractivity contribution in [2.75, 3.05) is 20.3 Å². The summed E-state index contributed by atoms with van der Waals surface area (Å²) in [6.07, 6.45) is 5.65. The van der Waals surface area contributed by atoms with E-state index in [2.05, 4.69) is 16.1 Å². The molecule has 8 heteroatoms. The number of aliphatic hydroxyl groups excluding tert-OH is 1. The topological polar surface area (TPSA) is 72.1 Å². The number of aliphatic hydroxyl groups is 1. The summed E-state index contributed by atoms with van der Waals surface area (Å²) in [5, 5.41) is 12.6. The molecule has 0 bridgehead atoms. The van der Waals surface area contributed by atoms with Crippen molar-refractivity contribution in [3.63, 3.8) is 0 Å². The van der Waals surface area contributed by atoms with Crippen molar-refractivity contribution in [2.45, 2.75) is 31.9 Å². The fraction of sp³-hybridized carbons (Fsp3) is 0.308. The van der Waals surface area contributed by atoms with Crippen LogP contribution in [0.5, 0.6) is 5.75 Å². The van der Waals surface area contributed by atoms with E-state index >= 15 is 0 Å². The molecule has 2 unspecified atom stereocenters. The lowest BCUT2D eigenvalue weighted by atomic mass is 9.83. The first kappa shape index (κ1) is 22.3. The van der Waals surface area contributed by atoms with Gasteiger partial charge in [-0.15, -0.1) is 0 Å². The standard InChI is InChI=1S/C26H27FN4O3/c1-17-15-30(16-29-17)22-9-4-18(13-23(22)33-3)12-19-10-11-34-31-25(19)28-14-24(32)26(31,2)20-5-7-21(27)8-6-20/h4-9,12-13,15-16,24,32H,10-11,14H2,1-3H3/b19-12+. The van der Waals surface area contributed by atoms with Crippen molar-refractivity contribution in [3.05, 3.63) is 83.2 Å². The van der Waals surface area contributed by atoms with E-state index in [1.807, 2.05) is 42.8 Å². The molecule has 0 radical (unpaired) electrons. The maximum atomic E-state index is 13.6. The maximum Gasteiger partial charge on any atom is 0.152 e. The highest BCUT2D eigenvalue weighted by Crippen LogP contribution is 2.39. The molecule has 1 saturated heterocycles. The molecule has 2 atom stereocenters. The van der Waals surface area contributed by atoms with Crippen molar-refractivity contribution in [3.8, 4) is 11.4 Å². The van der Waals surface area contributed by atoms with Gasteiger partial charge < -0.3 is 14.4 Å². The molecular weight excluding hydrogens is 435 g/mol. The van der Waals surface area contributed by atoms with Crippen molar-refractivity contribution in [1.82, 2.24) is 14.6 Å². The van der Waals surface area contributed by atoms with Crippen LogP contribution < -0.4 is 4.74 Å². The molecule has 7 nitrogen and oxygen atoms in total. The Hall–Kier alpha value is -3.49. The number of amidine groups is 1. The predicted molar refractivity (Wildman–Crippen MR) is 127 cm³/mol.